The van der Waals surface area contributed by atoms with Crippen LogP contribution in [-0.4, -0.2) is 39.5 Å². The Morgan fingerprint density at radius 3 is 3.00 bits per heavy atom. The first-order valence-corrected chi connectivity index (χ1v) is 9.82. The molecular formula is C20H24N6OS. The first kappa shape index (κ1) is 19.8. The minimum Gasteiger partial charge on any atom is -0.405 e. The summed E-state index contributed by atoms with van der Waals surface area (Å²) in [6.45, 7) is 4.93. The van der Waals surface area contributed by atoms with Crippen LogP contribution in [0.4, 0.5) is 0 Å². The summed E-state index contributed by atoms with van der Waals surface area (Å²) >= 11 is 1.63. The van der Waals surface area contributed by atoms with Gasteiger partial charge in [0.2, 0.25) is 0 Å². The molecule has 0 spiro atoms. The van der Waals surface area contributed by atoms with Crippen LogP contribution in [0.3, 0.4) is 0 Å². The number of hydrogen-bond donors (Lipinski definition) is 3. The number of nitrogens with one attached hydrogen (secondary N) is 2. The van der Waals surface area contributed by atoms with E-state index < -0.39 is 0 Å². The average Bonchev–Trinajstić information content (AvgIpc) is 3.26. The average molecular weight is 397 g/mol. The Morgan fingerprint density at radius 1 is 1.43 bits per heavy atom. The van der Waals surface area contributed by atoms with Gasteiger partial charge in [-0.2, -0.15) is 5.10 Å². The number of benzene rings is 1. The van der Waals surface area contributed by atoms with Gasteiger partial charge in [-0.3, -0.25) is 14.9 Å². The molecule has 1 aromatic carbocycles. The van der Waals surface area contributed by atoms with E-state index in [9.17, 15) is 4.79 Å². The molecule has 3 aromatic rings. The minimum absolute atomic E-state index is 0.142. The summed E-state index contributed by atoms with van der Waals surface area (Å²) < 4.78 is 1.91. The fourth-order valence-corrected chi connectivity index (χ4v) is 3.88. The molecule has 3 rings (SSSR count). The van der Waals surface area contributed by atoms with Crippen LogP contribution in [0.5, 0.6) is 0 Å². The van der Waals surface area contributed by atoms with E-state index in [1.165, 1.54) is 6.20 Å². The van der Waals surface area contributed by atoms with Crippen LogP contribution in [0.2, 0.25) is 0 Å². The highest BCUT2D eigenvalue weighted by Gasteiger charge is 2.16. The number of fused-ring (bicyclic) bond motifs is 1. The van der Waals surface area contributed by atoms with Crippen molar-refractivity contribution in [1.82, 2.24) is 20.1 Å². The number of nitrogens with zero attached hydrogens (tertiary/aromatic N) is 3. The van der Waals surface area contributed by atoms with Gasteiger partial charge in [0.1, 0.15) is 5.69 Å². The van der Waals surface area contributed by atoms with Crippen LogP contribution in [0.25, 0.3) is 10.9 Å². The summed E-state index contributed by atoms with van der Waals surface area (Å²) in [5.41, 5.74) is 8.83. The Hall–Kier alpha value is -3.00. The lowest BCUT2D eigenvalue weighted by Gasteiger charge is -2.07. The zero-order valence-corrected chi connectivity index (χ0v) is 17.0. The van der Waals surface area contributed by atoms with Crippen molar-refractivity contribution in [3.05, 3.63) is 54.1 Å². The third-order valence-electron chi connectivity index (χ3n) is 4.44. The van der Waals surface area contributed by atoms with Crippen molar-refractivity contribution in [3.63, 3.8) is 0 Å². The molecule has 1 amide bonds. The van der Waals surface area contributed by atoms with E-state index in [4.69, 9.17) is 5.73 Å². The standard InChI is InChI=1S/C20H24N6OS/c1-4-22-15(7-8-21)12-23-20(27)18-10-19(13(2)26(18)3)28-16-5-6-17-14(9-16)11-24-25-17/h5-11H,4,12,21H2,1-3H3,(H,23,27)(H,24,25)/b8-7-,22-15?. The summed E-state index contributed by atoms with van der Waals surface area (Å²) in [4.78, 5) is 19.1. The first-order valence-electron chi connectivity index (χ1n) is 9.00. The number of nitrogens with two attached hydrogens (primary N) is 1. The number of rotatable bonds is 7. The lowest BCUT2D eigenvalue weighted by Crippen LogP contribution is -2.30. The number of aliphatic imine (C=N–C) groups is 1. The van der Waals surface area contributed by atoms with Crippen molar-refractivity contribution in [2.75, 3.05) is 13.1 Å². The van der Waals surface area contributed by atoms with Gasteiger partial charge in [-0.05, 0) is 50.4 Å². The minimum atomic E-state index is -0.142. The normalized spacial score (nSPS) is 12.2. The Morgan fingerprint density at radius 2 is 2.25 bits per heavy atom. The third kappa shape index (κ3) is 4.28. The Kier molecular flexibility index (Phi) is 6.20. The molecular weight excluding hydrogens is 372 g/mol. The molecule has 8 heteroatoms. The van der Waals surface area contributed by atoms with E-state index in [-0.39, 0.29) is 5.91 Å². The van der Waals surface area contributed by atoms with E-state index in [0.717, 1.165) is 32.1 Å². The maximum atomic E-state index is 12.7. The second-order valence-electron chi connectivity index (χ2n) is 6.27. The van der Waals surface area contributed by atoms with Crippen molar-refractivity contribution < 1.29 is 4.79 Å². The topological polar surface area (TPSA) is 101 Å². The van der Waals surface area contributed by atoms with Crippen molar-refractivity contribution in [1.29, 1.82) is 0 Å². The van der Waals surface area contributed by atoms with Gasteiger partial charge >= 0.3 is 0 Å². The number of amides is 1. The van der Waals surface area contributed by atoms with Crippen LogP contribution in [-0.2, 0) is 7.05 Å². The molecule has 0 unspecified atom stereocenters. The predicted molar refractivity (Wildman–Crippen MR) is 114 cm³/mol. The smallest absolute Gasteiger partial charge is 0.268 e. The maximum Gasteiger partial charge on any atom is 0.268 e. The van der Waals surface area contributed by atoms with Gasteiger partial charge in [0.25, 0.3) is 5.91 Å². The summed E-state index contributed by atoms with van der Waals surface area (Å²) in [7, 11) is 1.90. The molecule has 7 nitrogen and oxygen atoms in total. The predicted octanol–water partition coefficient (Wildman–Crippen LogP) is 3.02. The van der Waals surface area contributed by atoms with Gasteiger partial charge in [0, 0.05) is 34.5 Å². The van der Waals surface area contributed by atoms with Gasteiger partial charge in [-0.15, -0.1) is 0 Å². The van der Waals surface area contributed by atoms with E-state index in [2.05, 4.69) is 26.6 Å². The molecule has 0 fully saturated rings. The fourth-order valence-electron chi connectivity index (χ4n) is 2.85. The number of aromatic nitrogens is 3. The van der Waals surface area contributed by atoms with Crippen LogP contribution in [0, 0.1) is 6.92 Å². The number of aromatic amines is 1. The SMILES string of the molecule is CCN=C(/C=C\N)CNC(=O)c1cc(Sc2ccc3[nH]ncc3c2)c(C)n1C. The van der Waals surface area contributed by atoms with Crippen LogP contribution in [0.15, 0.2) is 57.5 Å². The van der Waals surface area contributed by atoms with Crippen molar-refractivity contribution in [2.45, 2.75) is 23.6 Å². The fraction of sp³-hybridized carbons (Fsp3) is 0.250. The zero-order chi connectivity index (χ0) is 20.1. The Balaban J connectivity index is 1.76. The molecule has 0 saturated carbocycles. The van der Waals surface area contributed by atoms with Gasteiger partial charge in [-0.25, -0.2) is 0 Å². The van der Waals surface area contributed by atoms with Crippen molar-refractivity contribution in [2.24, 2.45) is 17.8 Å². The monoisotopic (exact) mass is 396 g/mol. The lowest BCUT2D eigenvalue weighted by atomic mass is 10.3. The molecule has 2 heterocycles. The van der Waals surface area contributed by atoms with E-state index in [1.807, 2.05) is 43.7 Å². The van der Waals surface area contributed by atoms with Gasteiger partial charge in [-0.1, -0.05) is 11.8 Å². The molecule has 0 atom stereocenters. The number of hydrogen-bond acceptors (Lipinski definition) is 5. The molecule has 28 heavy (non-hydrogen) atoms. The quantitative estimate of drug-likeness (QED) is 0.534. The number of carbonyl (C=O) groups is 1. The van der Waals surface area contributed by atoms with Crippen LogP contribution < -0.4 is 11.1 Å². The van der Waals surface area contributed by atoms with E-state index in [1.54, 1.807) is 24.0 Å². The van der Waals surface area contributed by atoms with E-state index in [0.29, 0.717) is 18.8 Å². The number of carbonyl (C=O) groups excluding carboxylic acids is 1. The van der Waals surface area contributed by atoms with Gasteiger partial charge < -0.3 is 15.6 Å². The molecule has 146 valence electrons. The second-order valence-corrected chi connectivity index (χ2v) is 7.38. The maximum absolute atomic E-state index is 12.7. The second kappa shape index (κ2) is 8.79. The lowest BCUT2D eigenvalue weighted by molar-refractivity contribution is 0.0951. The summed E-state index contributed by atoms with van der Waals surface area (Å²) in [6, 6.07) is 8.06. The summed E-state index contributed by atoms with van der Waals surface area (Å²) in [5, 5.41) is 11.0. The van der Waals surface area contributed by atoms with Crippen molar-refractivity contribution >= 4 is 34.3 Å². The Labute approximate surface area is 168 Å². The summed E-state index contributed by atoms with van der Waals surface area (Å²) in [6.07, 6.45) is 4.94. The van der Waals surface area contributed by atoms with Crippen molar-refractivity contribution in [3.8, 4) is 0 Å². The molecule has 0 saturated heterocycles. The van der Waals surface area contributed by atoms with E-state index >= 15 is 0 Å². The first-order chi connectivity index (χ1) is 13.5. The summed E-state index contributed by atoms with van der Waals surface area (Å²) in [5.74, 6) is -0.142. The third-order valence-corrected chi connectivity index (χ3v) is 5.56. The molecule has 0 aliphatic rings. The highest BCUT2D eigenvalue weighted by Crippen LogP contribution is 2.33. The molecule has 0 aliphatic heterocycles. The molecule has 0 aliphatic carbocycles. The molecule has 2 aromatic heterocycles. The highest BCUT2D eigenvalue weighted by atomic mass is 32.2. The molecule has 4 N–H and O–H groups in total. The van der Waals surface area contributed by atoms with Crippen LogP contribution >= 0.6 is 11.8 Å². The van der Waals surface area contributed by atoms with Gasteiger partial charge in [0.05, 0.1) is 24.0 Å². The Bertz CT molecular complexity index is 1050. The molecule has 0 radical (unpaired) electrons. The van der Waals surface area contributed by atoms with Crippen LogP contribution in [0.1, 0.15) is 23.1 Å². The van der Waals surface area contributed by atoms with Gasteiger partial charge in [0.15, 0.2) is 0 Å². The number of H-pyrrole nitrogens is 1. The highest BCUT2D eigenvalue weighted by molar-refractivity contribution is 7.99. The largest absolute Gasteiger partial charge is 0.405 e. The molecule has 0 bridgehead atoms. The zero-order valence-electron chi connectivity index (χ0n) is 16.2.